The van der Waals surface area contributed by atoms with Gasteiger partial charge in [-0.2, -0.15) is 0 Å². The number of dihydropyridines is 1. The van der Waals surface area contributed by atoms with Gasteiger partial charge in [0, 0.05) is 12.6 Å². The molecular weight excluding hydrogens is 210 g/mol. The maximum Gasteiger partial charge on any atom is 0.103 e. The second-order valence-electron chi connectivity index (χ2n) is 5.00. The summed E-state index contributed by atoms with van der Waals surface area (Å²) in [5, 5.41) is 3.47. The first-order valence-corrected chi connectivity index (χ1v) is 6.94. The van der Waals surface area contributed by atoms with E-state index in [0.29, 0.717) is 12.7 Å². The first-order valence-electron chi connectivity index (χ1n) is 6.94. The molecule has 0 amide bonds. The van der Waals surface area contributed by atoms with Crippen molar-refractivity contribution in [2.24, 2.45) is 5.73 Å². The summed E-state index contributed by atoms with van der Waals surface area (Å²) in [6.07, 6.45) is 13.4. The van der Waals surface area contributed by atoms with Gasteiger partial charge in [-0.15, -0.1) is 0 Å². The molecule has 17 heavy (non-hydrogen) atoms. The average molecular weight is 235 g/mol. The lowest BCUT2D eigenvalue weighted by Gasteiger charge is -2.41. The number of rotatable bonds is 4. The highest BCUT2D eigenvalue weighted by Gasteiger charge is 2.28. The normalized spacial score (nSPS) is 25.8. The zero-order valence-corrected chi connectivity index (χ0v) is 10.9. The molecule has 1 heterocycles. The molecule has 1 aliphatic heterocycles. The number of nitrogens with one attached hydrogen (secondary N) is 1. The lowest BCUT2D eigenvalue weighted by atomic mass is 9.93. The molecule has 0 radical (unpaired) electrons. The zero-order valence-electron chi connectivity index (χ0n) is 10.9. The van der Waals surface area contributed by atoms with Crippen molar-refractivity contribution >= 4 is 0 Å². The molecule has 2 aliphatic rings. The molecule has 0 aromatic heterocycles. The van der Waals surface area contributed by atoms with Gasteiger partial charge in [-0.05, 0) is 37.2 Å². The van der Waals surface area contributed by atoms with E-state index in [0.717, 1.165) is 12.6 Å². The third-order valence-electron chi connectivity index (χ3n) is 3.99. The summed E-state index contributed by atoms with van der Waals surface area (Å²) in [5.74, 6) is 0. The molecule has 0 bridgehead atoms. The van der Waals surface area contributed by atoms with Gasteiger partial charge in [0.15, 0.2) is 0 Å². The van der Waals surface area contributed by atoms with Crippen molar-refractivity contribution in [2.45, 2.75) is 51.2 Å². The Balaban J connectivity index is 2.06. The fourth-order valence-corrected chi connectivity index (χ4v) is 3.07. The molecule has 0 saturated heterocycles. The molecule has 3 heteroatoms. The van der Waals surface area contributed by atoms with Crippen molar-refractivity contribution in [2.75, 3.05) is 13.1 Å². The van der Waals surface area contributed by atoms with E-state index in [4.69, 9.17) is 5.73 Å². The Morgan fingerprint density at radius 2 is 2.12 bits per heavy atom. The van der Waals surface area contributed by atoms with Crippen LogP contribution in [0.25, 0.3) is 0 Å². The minimum Gasteiger partial charge on any atom is -0.372 e. The second-order valence-corrected chi connectivity index (χ2v) is 5.00. The van der Waals surface area contributed by atoms with E-state index < -0.39 is 0 Å². The van der Waals surface area contributed by atoms with Gasteiger partial charge in [-0.1, -0.05) is 32.3 Å². The van der Waals surface area contributed by atoms with E-state index in [1.165, 1.54) is 37.7 Å². The number of nitrogens with zero attached hydrogens (tertiary/aromatic N) is 1. The smallest absolute Gasteiger partial charge is 0.103 e. The van der Waals surface area contributed by atoms with Gasteiger partial charge in [-0.3, -0.25) is 4.90 Å². The lowest BCUT2D eigenvalue weighted by Crippen LogP contribution is -2.52. The highest BCUT2D eigenvalue weighted by molar-refractivity contribution is 5.23. The largest absolute Gasteiger partial charge is 0.372 e. The number of allylic oxidation sites excluding steroid dienone is 2. The van der Waals surface area contributed by atoms with E-state index in [1.54, 1.807) is 0 Å². The number of likely N-dealkylation sites (N-methyl/N-ethyl adjacent to an activating group) is 1. The Kier molecular flexibility index (Phi) is 4.63. The van der Waals surface area contributed by atoms with Gasteiger partial charge >= 0.3 is 0 Å². The summed E-state index contributed by atoms with van der Waals surface area (Å²) >= 11 is 0. The van der Waals surface area contributed by atoms with Crippen molar-refractivity contribution in [1.82, 2.24) is 10.2 Å². The summed E-state index contributed by atoms with van der Waals surface area (Å²) in [5.41, 5.74) is 7.15. The van der Waals surface area contributed by atoms with Crippen molar-refractivity contribution in [1.29, 1.82) is 0 Å². The van der Waals surface area contributed by atoms with Crippen molar-refractivity contribution < 1.29 is 0 Å². The van der Waals surface area contributed by atoms with Crippen LogP contribution in [0.1, 0.15) is 39.0 Å². The minimum absolute atomic E-state index is 0.318. The van der Waals surface area contributed by atoms with Crippen molar-refractivity contribution in [3.8, 4) is 0 Å². The molecule has 1 saturated carbocycles. The topological polar surface area (TPSA) is 41.3 Å². The summed E-state index contributed by atoms with van der Waals surface area (Å²) < 4.78 is 0. The molecule has 96 valence electrons. The summed E-state index contributed by atoms with van der Waals surface area (Å²) in [4.78, 5) is 2.58. The molecule has 1 aliphatic carbocycles. The molecule has 3 N–H and O–H groups in total. The van der Waals surface area contributed by atoms with Crippen molar-refractivity contribution in [3.05, 3.63) is 23.9 Å². The molecule has 0 spiro atoms. The Labute approximate surface area is 105 Å². The van der Waals surface area contributed by atoms with Crippen LogP contribution in [-0.4, -0.2) is 30.2 Å². The summed E-state index contributed by atoms with van der Waals surface area (Å²) in [7, 11) is 0. The third-order valence-corrected chi connectivity index (χ3v) is 3.99. The summed E-state index contributed by atoms with van der Waals surface area (Å²) in [6, 6.07) is 0.729. The quantitative estimate of drug-likeness (QED) is 0.783. The molecule has 0 aromatic carbocycles. The predicted molar refractivity (Wildman–Crippen MR) is 72.5 cm³/mol. The monoisotopic (exact) mass is 235 g/mol. The SMILES string of the molecule is CCN(C1CCCCC1)C1NC=CC=C1CN. The van der Waals surface area contributed by atoms with Crippen LogP contribution < -0.4 is 11.1 Å². The maximum absolute atomic E-state index is 5.85. The van der Waals surface area contributed by atoms with Gasteiger partial charge in [0.25, 0.3) is 0 Å². The molecular formula is C14H25N3. The van der Waals surface area contributed by atoms with Gasteiger partial charge in [0.05, 0.1) is 0 Å². The number of nitrogens with two attached hydrogens (primary N) is 1. The van der Waals surface area contributed by atoms with E-state index in [-0.39, 0.29) is 0 Å². The second kappa shape index (κ2) is 6.22. The van der Waals surface area contributed by atoms with Crippen LogP contribution in [0.2, 0.25) is 0 Å². The molecule has 1 unspecified atom stereocenters. The molecule has 0 aromatic rings. The van der Waals surface area contributed by atoms with Crippen LogP contribution in [0.5, 0.6) is 0 Å². The van der Waals surface area contributed by atoms with Crippen LogP contribution in [0.15, 0.2) is 23.9 Å². The Morgan fingerprint density at radius 3 is 2.76 bits per heavy atom. The van der Waals surface area contributed by atoms with Crippen LogP contribution in [-0.2, 0) is 0 Å². The first-order chi connectivity index (χ1) is 8.36. The zero-order chi connectivity index (χ0) is 12.1. The van der Waals surface area contributed by atoms with Crippen LogP contribution >= 0.6 is 0 Å². The molecule has 1 atom stereocenters. The highest BCUT2D eigenvalue weighted by atomic mass is 15.3. The highest BCUT2D eigenvalue weighted by Crippen LogP contribution is 2.25. The number of hydrogen-bond acceptors (Lipinski definition) is 3. The standard InChI is InChI=1S/C14H25N3/c1-2-17(13-8-4-3-5-9-13)14-12(11-15)7-6-10-16-14/h6-7,10,13-14,16H,2-5,8-9,11,15H2,1H3. The van der Waals surface area contributed by atoms with Crippen molar-refractivity contribution in [3.63, 3.8) is 0 Å². The lowest BCUT2D eigenvalue weighted by molar-refractivity contribution is 0.115. The van der Waals surface area contributed by atoms with E-state index in [2.05, 4.69) is 23.2 Å². The van der Waals surface area contributed by atoms with Gasteiger partial charge in [0.1, 0.15) is 6.17 Å². The fourth-order valence-electron chi connectivity index (χ4n) is 3.07. The van der Waals surface area contributed by atoms with Crippen LogP contribution in [0, 0.1) is 0 Å². The van der Waals surface area contributed by atoms with Gasteiger partial charge in [0.2, 0.25) is 0 Å². The molecule has 2 rings (SSSR count). The average Bonchev–Trinajstić information content (AvgIpc) is 2.41. The van der Waals surface area contributed by atoms with Crippen LogP contribution in [0.4, 0.5) is 0 Å². The summed E-state index contributed by atoms with van der Waals surface area (Å²) in [6.45, 7) is 3.99. The molecule has 3 nitrogen and oxygen atoms in total. The van der Waals surface area contributed by atoms with Gasteiger partial charge in [-0.25, -0.2) is 0 Å². The van der Waals surface area contributed by atoms with E-state index in [9.17, 15) is 0 Å². The maximum atomic E-state index is 5.85. The predicted octanol–water partition coefficient (Wildman–Crippen LogP) is 1.97. The first kappa shape index (κ1) is 12.7. The number of hydrogen-bond donors (Lipinski definition) is 2. The minimum atomic E-state index is 0.318. The van der Waals surface area contributed by atoms with E-state index in [1.807, 2.05) is 12.3 Å². The van der Waals surface area contributed by atoms with E-state index >= 15 is 0 Å². The third kappa shape index (κ3) is 2.90. The van der Waals surface area contributed by atoms with Crippen LogP contribution in [0.3, 0.4) is 0 Å². The molecule has 1 fully saturated rings. The Morgan fingerprint density at radius 1 is 1.35 bits per heavy atom. The fraction of sp³-hybridized carbons (Fsp3) is 0.714. The van der Waals surface area contributed by atoms with Gasteiger partial charge < -0.3 is 11.1 Å². The Bertz CT molecular complexity index is 290. The Hall–Kier alpha value is -0.800.